The first-order valence-electron chi connectivity index (χ1n) is 6.43. The fourth-order valence-electron chi connectivity index (χ4n) is 2.78. The molecule has 1 fully saturated rings. The second kappa shape index (κ2) is 5.54. The fourth-order valence-corrected chi connectivity index (χ4v) is 3.97. The first kappa shape index (κ1) is 14.4. The lowest BCUT2D eigenvalue weighted by Crippen LogP contribution is -2.33. The van der Waals surface area contributed by atoms with Gasteiger partial charge in [-0.15, -0.1) is 0 Å². The molecule has 3 unspecified atom stereocenters. The first-order valence-corrected chi connectivity index (χ1v) is 8.38. The lowest BCUT2D eigenvalue weighted by Gasteiger charge is -2.32. The molecule has 0 amide bonds. The second-order valence-corrected chi connectivity index (χ2v) is 7.67. The molecule has 1 aliphatic rings. The summed E-state index contributed by atoms with van der Waals surface area (Å²) in [5.41, 5.74) is 6.78. The molecule has 19 heavy (non-hydrogen) atoms. The van der Waals surface area contributed by atoms with E-state index in [1.54, 1.807) is 6.20 Å². The van der Waals surface area contributed by atoms with E-state index in [0.717, 1.165) is 19.0 Å². The molecule has 0 aliphatic heterocycles. The smallest absolute Gasteiger partial charge is 0.150 e. The van der Waals surface area contributed by atoms with Crippen LogP contribution in [0.3, 0.4) is 0 Å². The van der Waals surface area contributed by atoms with Gasteiger partial charge in [0, 0.05) is 18.5 Å². The predicted octanol–water partition coefficient (Wildman–Crippen LogP) is 1.82. The molecule has 6 heteroatoms. The van der Waals surface area contributed by atoms with Crippen LogP contribution in [0.5, 0.6) is 0 Å². The average Bonchev–Trinajstić information content (AvgIpc) is 2.37. The van der Waals surface area contributed by atoms with Crippen molar-refractivity contribution in [3.63, 3.8) is 0 Å². The molecule has 1 aliphatic carbocycles. The van der Waals surface area contributed by atoms with E-state index in [4.69, 9.17) is 5.73 Å². The first-order chi connectivity index (χ1) is 8.88. The molecule has 106 valence electrons. The van der Waals surface area contributed by atoms with Crippen molar-refractivity contribution in [3.05, 3.63) is 29.8 Å². The van der Waals surface area contributed by atoms with Gasteiger partial charge >= 0.3 is 0 Å². The van der Waals surface area contributed by atoms with Crippen LogP contribution in [0.4, 0.5) is 4.39 Å². The Hall–Kier alpha value is -1.01. The molecule has 3 atom stereocenters. The molecule has 1 heterocycles. The number of nitrogens with two attached hydrogens (primary N) is 1. The van der Waals surface area contributed by atoms with Crippen LogP contribution in [-0.4, -0.2) is 24.9 Å². The van der Waals surface area contributed by atoms with Crippen LogP contribution < -0.4 is 5.73 Å². The number of rotatable bonds is 3. The molecule has 1 aromatic heterocycles. The Bertz CT molecular complexity index is 547. The molecule has 0 aromatic carbocycles. The third-order valence-electron chi connectivity index (χ3n) is 3.89. The van der Waals surface area contributed by atoms with Crippen LogP contribution in [0.25, 0.3) is 0 Å². The molecule has 0 saturated heterocycles. The van der Waals surface area contributed by atoms with Crippen LogP contribution in [0, 0.1) is 11.7 Å². The van der Waals surface area contributed by atoms with Gasteiger partial charge in [0.15, 0.2) is 0 Å². The van der Waals surface area contributed by atoms with Crippen molar-refractivity contribution < 1.29 is 12.8 Å². The van der Waals surface area contributed by atoms with Crippen LogP contribution >= 0.6 is 0 Å². The number of pyridine rings is 1. The summed E-state index contributed by atoms with van der Waals surface area (Å²) in [5, 5.41) is -0.321. The molecular formula is C13H19FN2O2S. The van der Waals surface area contributed by atoms with Crippen molar-refractivity contribution >= 4 is 9.84 Å². The van der Waals surface area contributed by atoms with Crippen LogP contribution in [0.15, 0.2) is 18.5 Å². The zero-order valence-electron chi connectivity index (χ0n) is 10.9. The van der Waals surface area contributed by atoms with Crippen molar-refractivity contribution in [1.29, 1.82) is 0 Å². The van der Waals surface area contributed by atoms with Crippen molar-refractivity contribution in [2.24, 2.45) is 11.7 Å². The topological polar surface area (TPSA) is 73.0 Å². The number of hydrogen-bond donors (Lipinski definition) is 1. The molecule has 1 aromatic rings. The summed E-state index contributed by atoms with van der Waals surface area (Å²) in [5.74, 6) is -0.347. The van der Waals surface area contributed by atoms with E-state index < -0.39 is 15.7 Å². The largest absolute Gasteiger partial charge is 0.324 e. The summed E-state index contributed by atoms with van der Waals surface area (Å²) in [7, 11) is -3.03. The standard InChI is InChI=1S/C13H19FN2O2S/c1-19(17,18)12-4-2-3-9(6-12)13(15)10-5-11(14)8-16-7-10/h5,7-9,12-13H,2-4,6,15H2,1H3. The highest BCUT2D eigenvalue weighted by molar-refractivity contribution is 7.91. The van der Waals surface area contributed by atoms with Crippen LogP contribution in [0.2, 0.25) is 0 Å². The third kappa shape index (κ3) is 3.51. The lowest BCUT2D eigenvalue weighted by atomic mass is 9.81. The van der Waals surface area contributed by atoms with Crippen molar-refractivity contribution in [2.45, 2.75) is 37.0 Å². The lowest BCUT2D eigenvalue weighted by molar-refractivity contribution is 0.308. The Morgan fingerprint density at radius 2 is 2.16 bits per heavy atom. The zero-order valence-corrected chi connectivity index (χ0v) is 11.7. The SMILES string of the molecule is CS(=O)(=O)C1CCCC(C(N)c2cncc(F)c2)C1. The summed E-state index contributed by atoms with van der Waals surface area (Å²) >= 11 is 0. The van der Waals surface area contributed by atoms with Gasteiger partial charge in [-0.25, -0.2) is 12.8 Å². The summed E-state index contributed by atoms with van der Waals surface area (Å²) in [4.78, 5) is 3.79. The molecule has 0 bridgehead atoms. The maximum absolute atomic E-state index is 13.1. The average molecular weight is 286 g/mol. The van der Waals surface area contributed by atoms with Gasteiger partial charge in [-0.2, -0.15) is 0 Å². The van der Waals surface area contributed by atoms with E-state index >= 15 is 0 Å². The minimum Gasteiger partial charge on any atom is -0.324 e. The Kier molecular flexibility index (Phi) is 4.20. The van der Waals surface area contributed by atoms with Gasteiger partial charge in [0.25, 0.3) is 0 Å². The minimum atomic E-state index is -3.03. The van der Waals surface area contributed by atoms with Gasteiger partial charge in [-0.05, 0) is 36.8 Å². The summed E-state index contributed by atoms with van der Waals surface area (Å²) in [6, 6.07) is 1.02. The molecule has 1 saturated carbocycles. The summed E-state index contributed by atoms with van der Waals surface area (Å²) in [6.07, 6.45) is 6.94. The van der Waals surface area contributed by atoms with E-state index in [-0.39, 0.29) is 17.2 Å². The zero-order chi connectivity index (χ0) is 14.0. The van der Waals surface area contributed by atoms with Gasteiger partial charge < -0.3 is 5.73 Å². The van der Waals surface area contributed by atoms with Crippen molar-refractivity contribution in [2.75, 3.05) is 6.26 Å². The molecular weight excluding hydrogens is 267 g/mol. The molecule has 4 nitrogen and oxygen atoms in total. The molecule has 0 radical (unpaired) electrons. The Morgan fingerprint density at radius 1 is 1.42 bits per heavy atom. The number of nitrogens with zero attached hydrogens (tertiary/aromatic N) is 1. The summed E-state index contributed by atoms with van der Waals surface area (Å²) in [6.45, 7) is 0. The van der Waals surface area contributed by atoms with E-state index in [0.29, 0.717) is 18.4 Å². The second-order valence-electron chi connectivity index (χ2n) is 5.34. The number of sulfone groups is 1. The van der Waals surface area contributed by atoms with Gasteiger partial charge in [0.1, 0.15) is 15.7 Å². The molecule has 0 spiro atoms. The van der Waals surface area contributed by atoms with Gasteiger partial charge in [-0.1, -0.05) is 6.42 Å². The number of halogens is 1. The van der Waals surface area contributed by atoms with Crippen molar-refractivity contribution in [1.82, 2.24) is 4.98 Å². The van der Waals surface area contributed by atoms with Crippen molar-refractivity contribution in [3.8, 4) is 0 Å². The predicted molar refractivity (Wildman–Crippen MR) is 71.7 cm³/mol. The Balaban J connectivity index is 2.13. The van der Waals surface area contributed by atoms with Gasteiger partial charge in [0.05, 0.1) is 11.4 Å². The Morgan fingerprint density at radius 3 is 2.79 bits per heavy atom. The van der Waals surface area contributed by atoms with Crippen LogP contribution in [-0.2, 0) is 9.84 Å². The number of hydrogen-bond acceptors (Lipinski definition) is 4. The maximum atomic E-state index is 13.1. The van der Waals surface area contributed by atoms with Gasteiger partial charge in [-0.3, -0.25) is 4.98 Å². The fraction of sp³-hybridized carbons (Fsp3) is 0.615. The summed E-state index contributed by atoms with van der Waals surface area (Å²) < 4.78 is 36.4. The highest BCUT2D eigenvalue weighted by Crippen LogP contribution is 2.35. The third-order valence-corrected chi connectivity index (χ3v) is 5.53. The van der Waals surface area contributed by atoms with E-state index in [9.17, 15) is 12.8 Å². The highest BCUT2D eigenvalue weighted by Gasteiger charge is 2.32. The van der Waals surface area contributed by atoms with Crippen LogP contribution in [0.1, 0.15) is 37.3 Å². The molecule has 2 N–H and O–H groups in total. The van der Waals surface area contributed by atoms with E-state index in [1.807, 2.05) is 0 Å². The minimum absolute atomic E-state index is 0.0667. The quantitative estimate of drug-likeness (QED) is 0.920. The van der Waals surface area contributed by atoms with E-state index in [1.165, 1.54) is 12.3 Å². The maximum Gasteiger partial charge on any atom is 0.150 e. The Labute approximate surface area is 113 Å². The molecule has 2 rings (SSSR count). The number of aromatic nitrogens is 1. The van der Waals surface area contributed by atoms with E-state index in [2.05, 4.69) is 4.98 Å². The highest BCUT2D eigenvalue weighted by atomic mass is 32.2. The van der Waals surface area contributed by atoms with Gasteiger partial charge in [0.2, 0.25) is 0 Å². The monoisotopic (exact) mass is 286 g/mol. The normalized spacial score (nSPS) is 26.1.